The van der Waals surface area contributed by atoms with Crippen molar-refractivity contribution in [1.29, 1.82) is 0 Å². The van der Waals surface area contributed by atoms with Crippen molar-refractivity contribution in [2.45, 2.75) is 33.4 Å². The van der Waals surface area contributed by atoms with Crippen LogP contribution in [0.25, 0.3) is 0 Å². The van der Waals surface area contributed by atoms with Gasteiger partial charge in [0, 0.05) is 45.5 Å². The van der Waals surface area contributed by atoms with Gasteiger partial charge in [-0.1, -0.05) is 20.8 Å². The molecule has 1 atom stereocenters. The fraction of sp³-hybridized carbons (Fsp3) is 0.769. The Labute approximate surface area is 104 Å². The van der Waals surface area contributed by atoms with Gasteiger partial charge in [0.25, 0.3) is 0 Å². The molecule has 1 fully saturated rings. The minimum Gasteiger partial charge on any atom is -0.311 e. The topological polar surface area (TPSA) is 33.1 Å². The van der Waals surface area contributed by atoms with Crippen LogP contribution in [0.1, 0.15) is 26.5 Å². The van der Waals surface area contributed by atoms with E-state index in [9.17, 15) is 0 Å². The highest BCUT2D eigenvalue weighted by atomic mass is 15.3. The first-order valence-corrected chi connectivity index (χ1v) is 6.39. The first-order chi connectivity index (χ1) is 7.95. The summed E-state index contributed by atoms with van der Waals surface area (Å²) in [4.78, 5) is 2.49. The van der Waals surface area contributed by atoms with Gasteiger partial charge in [-0.15, -0.1) is 0 Å². The molecule has 0 bridgehead atoms. The van der Waals surface area contributed by atoms with Crippen LogP contribution in [0.2, 0.25) is 0 Å². The lowest BCUT2D eigenvalue weighted by Crippen LogP contribution is -2.55. The summed E-state index contributed by atoms with van der Waals surface area (Å²) in [6, 6.07) is 2.67. The van der Waals surface area contributed by atoms with Gasteiger partial charge in [0.05, 0.1) is 5.69 Å². The molecule has 1 aliphatic rings. The highest BCUT2D eigenvalue weighted by Crippen LogP contribution is 2.22. The predicted molar refractivity (Wildman–Crippen MR) is 69.7 cm³/mol. The molecule has 2 rings (SSSR count). The summed E-state index contributed by atoms with van der Waals surface area (Å²) in [5.74, 6) is 0. The number of aromatic nitrogens is 2. The molecule has 1 N–H and O–H groups in total. The second-order valence-electron chi connectivity index (χ2n) is 6.09. The standard InChI is InChI=1S/C13H24N4/c1-13(2,3)12-10-17(8-6-14-12)9-11-5-7-16(4)15-11/h5,7,12,14H,6,8-10H2,1-4H3. The Bertz CT molecular complexity index is 364. The summed E-state index contributed by atoms with van der Waals surface area (Å²) in [7, 11) is 1.97. The largest absolute Gasteiger partial charge is 0.311 e. The molecule has 1 unspecified atom stereocenters. The molecule has 0 saturated carbocycles. The van der Waals surface area contributed by atoms with Crippen molar-refractivity contribution in [3.8, 4) is 0 Å². The Morgan fingerprint density at radius 2 is 2.24 bits per heavy atom. The highest BCUT2D eigenvalue weighted by molar-refractivity contribution is 4.99. The second-order valence-corrected chi connectivity index (χ2v) is 6.09. The van der Waals surface area contributed by atoms with Crippen LogP contribution in [-0.4, -0.2) is 40.4 Å². The summed E-state index contributed by atoms with van der Waals surface area (Å²) in [5.41, 5.74) is 1.49. The monoisotopic (exact) mass is 236 g/mol. The number of hydrogen-bond donors (Lipinski definition) is 1. The molecule has 0 radical (unpaired) electrons. The van der Waals surface area contributed by atoms with Gasteiger partial charge in [0.15, 0.2) is 0 Å². The molecule has 2 heterocycles. The number of rotatable bonds is 2. The lowest BCUT2D eigenvalue weighted by Gasteiger charge is -2.40. The summed E-state index contributed by atoms with van der Waals surface area (Å²) in [5, 5.41) is 8.06. The minimum absolute atomic E-state index is 0.322. The molecule has 0 aromatic carbocycles. The molecule has 1 aliphatic heterocycles. The fourth-order valence-corrected chi connectivity index (χ4v) is 2.31. The van der Waals surface area contributed by atoms with Crippen molar-refractivity contribution in [2.24, 2.45) is 12.5 Å². The molecule has 0 aliphatic carbocycles. The Balaban J connectivity index is 1.94. The average Bonchev–Trinajstić information content (AvgIpc) is 2.63. The molecule has 17 heavy (non-hydrogen) atoms. The second kappa shape index (κ2) is 4.78. The Hall–Kier alpha value is -0.870. The van der Waals surface area contributed by atoms with Crippen LogP contribution < -0.4 is 5.32 Å². The van der Waals surface area contributed by atoms with E-state index in [0.717, 1.165) is 26.2 Å². The van der Waals surface area contributed by atoms with Crippen LogP contribution in [-0.2, 0) is 13.6 Å². The number of nitrogens with one attached hydrogen (secondary N) is 1. The maximum Gasteiger partial charge on any atom is 0.0764 e. The molecular weight excluding hydrogens is 212 g/mol. The van der Waals surface area contributed by atoms with Crippen LogP contribution in [0.5, 0.6) is 0 Å². The van der Waals surface area contributed by atoms with Gasteiger partial charge >= 0.3 is 0 Å². The van der Waals surface area contributed by atoms with Crippen molar-refractivity contribution >= 4 is 0 Å². The van der Waals surface area contributed by atoms with Crippen LogP contribution in [0.15, 0.2) is 12.3 Å². The van der Waals surface area contributed by atoms with Gasteiger partial charge in [-0.2, -0.15) is 5.10 Å². The molecule has 0 amide bonds. The van der Waals surface area contributed by atoms with E-state index >= 15 is 0 Å². The Morgan fingerprint density at radius 3 is 2.82 bits per heavy atom. The Morgan fingerprint density at radius 1 is 1.47 bits per heavy atom. The molecule has 0 spiro atoms. The zero-order valence-corrected chi connectivity index (χ0v) is 11.4. The van der Waals surface area contributed by atoms with Gasteiger partial charge in [-0.25, -0.2) is 0 Å². The molecule has 1 aromatic heterocycles. The van der Waals surface area contributed by atoms with E-state index in [-0.39, 0.29) is 0 Å². The smallest absolute Gasteiger partial charge is 0.0764 e. The van der Waals surface area contributed by atoms with E-state index in [1.165, 1.54) is 5.69 Å². The average molecular weight is 236 g/mol. The summed E-state index contributed by atoms with van der Waals surface area (Å²) < 4.78 is 1.87. The van der Waals surface area contributed by atoms with E-state index in [0.29, 0.717) is 11.5 Å². The molecule has 1 saturated heterocycles. The van der Waals surface area contributed by atoms with Gasteiger partial charge < -0.3 is 5.32 Å². The van der Waals surface area contributed by atoms with E-state index in [1.54, 1.807) is 0 Å². The fourth-order valence-electron chi connectivity index (χ4n) is 2.31. The first-order valence-electron chi connectivity index (χ1n) is 6.39. The predicted octanol–water partition coefficient (Wildman–Crippen LogP) is 1.24. The van der Waals surface area contributed by atoms with Crippen LogP contribution >= 0.6 is 0 Å². The Kier molecular flexibility index (Phi) is 3.54. The van der Waals surface area contributed by atoms with Crippen LogP contribution in [0.3, 0.4) is 0 Å². The molecule has 4 nitrogen and oxygen atoms in total. The quantitative estimate of drug-likeness (QED) is 0.838. The highest BCUT2D eigenvalue weighted by Gasteiger charge is 2.29. The van der Waals surface area contributed by atoms with Gasteiger partial charge in [0.2, 0.25) is 0 Å². The van der Waals surface area contributed by atoms with E-state index in [2.05, 4.69) is 42.2 Å². The van der Waals surface area contributed by atoms with Crippen molar-refractivity contribution in [3.63, 3.8) is 0 Å². The maximum absolute atomic E-state index is 4.45. The van der Waals surface area contributed by atoms with E-state index in [1.807, 2.05) is 17.9 Å². The van der Waals surface area contributed by atoms with E-state index < -0.39 is 0 Å². The minimum atomic E-state index is 0.322. The molecule has 4 heteroatoms. The number of nitrogens with zero attached hydrogens (tertiary/aromatic N) is 3. The summed E-state index contributed by atoms with van der Waals surface area (Å²) in [6.07, 6.45) is 2.01. The zero-order chi connectivity index (χ0) is 12.5. The van der Waals surface area contributed by atoms with Crippen LogP contribution in [0.4, 0.5) is 0 Å². The number of hydrogen-bond acceptors (Lipinski definition) is 3. The summed E-state index contributed by atoms with van der Waals surface area (Å²) in [6.45, 7) is 11.2. The van der Waals surface area contributed by atoms with Crippen molar-refractivity contribution in [3.05, 3.63) is 18.0 Å². The maximum atomic E-state index is 4.45. The molecular formula is C13H24N4. The lowest BCUT2D eigenvalue weighted by molar-refractivity contribution is 0.128. The third-order valence-electron chi connectivity index (χ3n) is 3.46. The number of piperazine rings is 1. The van der Waals surface area contributed by atoms with Gasteiger partial charge in [0.1, 0.15) is 0 Å². The third-order valence-corrected chi connectivity index (χ3v) is 3.46. The summed E-state index contributed by atoms with van der Waals surface area (Å²) >= 11 is 0. The van der Waals surface area contributed by atoms with Gasteiger partial charge in [-0.3, -0.25) is 9.58 Å². The van der Waals surface area contributed by atoms with Crippen molar-refractivity contribution in [1.82, 2.24) is 20.0 Å². The normalized spacial score (nSPS) is 22.9. The zero-order valence-electron chi connectivity index (χ0n) is 11.4. The van der Waals surface area contributed by atoms with Crippen molar-refractivity contribution in [2.75, 3.05) is 19.6 Å². The van der Waals surface area contributed by atoms with Crippen molar-refractivity contribution < 1.29 is 0 Å². The van der Waals surface area contributed by atoms with Crippen LogP contribution in [0, 0.1) is 5.41 Å². The van der Waals surface area contributed by atoms with Gasteiger partial charge in [-0.05, 0) is 11.5 Å². The number of aryl methyl sites for hydroxylation is 1. The van der Waals surface area contributed by atoms with E-state index in [4.69, 9.17) is 0 Å². The third kappa shape index (κ3) is 3.30. The molecule has 96 valence electrons. The lowest BCUT2D eigenvalue weighted by atomic mass is 9.85. The molecule has 1 aromatic rings. The first kappa shape index (κ1) is 12.6. The SMILES string of the molecule is Cn1ccc(CN2CCNC(C(C)(C)C)C2)n1.